The summed E-state index contributed by atoms with van der Waals surface area (Å²) in [4.78, 5) is 14.3. The van der Waals surface area contributed by atoms with Crippen molar-refractivity contribution in [2.75, 3.05) is 20.3 Å². The zero-order valence-corrected chi connectivity index (χ0v) is 12.4. The normalized spacial score (nSPS) is 16.6. The molecule has 4 heteroatoms. The summed E-state index contributed by atoms with van der Waals surface area (Å²) in [6, 6.07) is 6.05. The molecule has 1 aliphatic heterocycles. The molecular formula is C14H18BrNO2. The van der Waals surface area contributed by atoms with Crippen molar-refractivity contribution in [2.24, 2.45) is 0 Å². The number of nitrogens with zero attached hydrogens (tertiary/aromatic N) is 1. The second kappa shape index (κ2) is 5.85. The standard InChI is InChI=1S/C14H18BrNO2/c1-10-12(4-3-5-13(10)15)14(17)16(2)11-6-8-18-9-7-11/h3-5,11H,6-9H2,1-2H3. The Hall–Kier alpha value is -0.870. The maximum atomic E-state index is 12.5. The summed E-state index contributed by atoms with van der Waals surface area (Å²) >= 11 is 3.47. The predicted octanol–water partition coefficient (Wildman–Crippen LogP) is 3.01. The topological polar surface area (TPSA) is 29.5 Å². The molecular weight excluding hydrogens is 294 g/mol. The molecule has 1 aliphatic rings. The van der Waals surface area contributed by atoms with Gasteiger partial charge in [0.1, 0.15) is 0 Å². The van der Waals surface area contributed by atoms with Gasteiger partial charge in [0.15, 0.2) is 0 Å². The summed E-state index contributed by atoms with van der Waals surface area (Å²) < 4.78 is 6.31. The summed E-state index contributed by atoms with van der Waals surface area (Å²) in [5.41, 5.74) is 1.78. The van der Waals surface area contributed by atoms with E-state index in [2.05, 4.69) is 15.9 Å². The Kier molecular flexibility index (Phi) is 4.40. The highest BCUT2D eigenvalue weighted by Gasteiger charge is 2.24. The number of hydrogen-bond donors (Lipinski definition) is 0. The minimum atomic E-state index is 0.0979. The van der Waals surface area contributed by atoms with E-state index < -0.39 is 0 Å². The van der Waals surface area contributed by atoms with Crippen LogP contribution in [0, 0.1) is 6.92 Å². The highest BCUT2D eigenvalue weighted by atomic mass is 79.9. The average molecular weight is 312 g/mol. The van der Waals surface area contributed by atoms with Gasteiger partial charge in [0.05, 0.1) is 0 Å². The van der Waals surface area contributed by atoms with Crippen LogP contribution in [-0.4, -0.2) is 37.1 Å². The number of ether oxygens (including phenoxy) is 1. The third-order valence-electron chi connectivity index (χ3n) is 3.56. The minimum Gasteiger partial charge on any atom is -0.381 e. The van der Waals surface area contributed by atoms with Gasteiger partial charge < -0.3 is 9.64 Å². The van der Waals surface area contributed by atoms with Crippen LogP contribution in [0.5, 0.6) is 0 Å². The van der Waals surface area contributed by atoms with Crippen LogP contribution >= 0.6 is 15.9 Å². The number of amides is 1. The Balaban J connectivity index is 2.17. The first-order valence-corrected chi connectivity index (χ1v) is 7.00. The third kappa shape index (κ3) is 2.75. The van der Waals surface area contributed by atoms with Gasteiger partial charge in [0.25, 0.3) is 5.91 Å². The summed E-state index contributed by atoms with van der Waals surface area (Å²) in [5.74, 6) is 0.0979. The highest BCUT2D eigenvalue weighted by Crippen LogP contribution is 2.22. The number of benzene rings is 1. The molecule has 98 valence electrons. The van der Waals surface area contributed by atoms with Crippen molar-refractivity contribution in [1.82, 2.24) is 4.90 Å². The first-order chi connectivity index (χ1) is 8.61. The molecule has 1 fully saturated rings. The Morgan fingerprint density at radius 2 is 2.06 bits per heavy atom. The van der Waals surface area contributed by atoms with E-state index in [1.165, 1.54) is 0 Å². The molecule has 0 atom stereocenters. The van der Waals surface area contributed by atoms with Gasteiger partial charge in [0, 0.05) is 36.3 Å². The quantitative estimate of drug-likeness (QED) is 0.840. The molecule has 18 heavy (non-hydrogen) atoms. The number of halogens is 1. The largest absolute Gasteiger partial charge is 0.381 e. The first-order valence-electron chi connectivity index (χ1n) is 6.21. The van der Waals surface area contributed by atoms with Crippen LogP contribution < -0.4 is 0 Å². The molecule has 0 spiro atoms. The molecule has 0 saturated carbocycles. The first kappa shape index (κ1) is 13.6. The van der Waals surface area contributed by atoms with Crippen molar-refractivity contribution in [3.05, 3.63) is 33.8 Å². The van der Waals surface area contributed by atoms with Gasteiger partial charge in [-0.15, -0.1) is 0 Å². The van der Waals surface area contributed by atoms with Crippen molar-refractivity contribution in [2.45, 2.75) is 25.8 Å². The monoisotopic (exact) mass is 311 g/mol. The van der Waals surface area contributed by atoms with E-state index in [-0.39, 0.29) is 5.91 Å². The maximum Gasteiger partial charge on any atom is 0.254 e. The van der Waals surface area contributed by atoms with E-state index in [4.69, 9.17) is 4.74 Å². The molecule has 3 nitrogen and oxygen atoms in total. The Morgan fingerprint density at radius 3 is 2.72 bits per heavy atom. The van der Waals surface area contributed by atoms with Crippen LogP contribution in [0.25, 0.3) is 0 Å². The fourth-order valence-electron chi connectivity index (χ4n) is 2.27. The maximum absolute atomic E-state index is 12.5. The zero-order chi connectivity index (χ0) is 13.1. The van der Waals surface area contributed by atoms with E-state index in [1.54, 1.807) is 0 Å². The lowest BCUT2D eigenvalue weighted by Gasteiger charge is -2.31. The lowest BCUT2D eigenvalue weighted by atomic mass is 10.0. The Bertz CT molecular complexity index is 441. The molecule has 0 aromatic heterocycles. The second-order valence-corrected chi connectivity index (χ2v) is 5.53. The van der Waals surface area contributed by atoms with E-state index in [9.17, 15) is 4.79 Å². The molecule has 0 unspecified atom stereocenters. The van der Waals surface area contributed by atoms with Gasteiger partial charge in [-0.2, -0.15) is 0 Å². The van der Waals surface area contributed by atoms with Crippen molar-refractivity contribution in [1.29, 1.82) is 0 Å². The van der Waals surface area contributed by atoms with E-state index in [0.717, 1.165) is 41.7 Å². The number of carbonyl (C=O) groups excluding carboxylic acids is 1. The summed E-state index contributed by atoms with van der Waals surface area (Å²) in [6.45, 7) is 3.47. The fourth-order valence-corrected chi connectivity index (χ4v) is 2.63. The van der Waals surface area contributed by atoms with Crippen LogP contribution in [0.2, 0.25) is 0 Å². The lowest BCUT2D eigenvalue weighted by molar-refractivity contribution is 0.0361. The van der Waals surface area contributed by atoms with Crippen molar-refractivity contribution in [3.8, 4) is 0 Å². The minimum absolute atomic E-state index is 0.0979. The molecule has 2 rings (SSSR count). The Morgan fingerprint density at radius 1 is 1.39 bits per heavy atom. The number of carbonyl (C=O) groups is 1. The number of hydrogen-bond acceptors (Lipinski definition) is 2. The molecule has 0 radical (unpaired) electrons. The second-order valence-electron chi connectivity index (χ2n) is 4.67. The molecule has 1 heterocycles. The van der Waals surface area contributed by atoms with Gasteiger partial charge in [-0.25, -0.2) is 0 Å². The molecule has 1 amide bonds. The van der Waals surface area contributed by atoms with Crippen LogP contribution in [0.4, 0.5) is 0 Å². The summed E-state index contributed by atoms with van der Waals surface area (Å²) in [7, 11) is 1.89. The number of rotatable bonds is 2. The van der Waals surface area contributed by atoms with Crippen molar-refractivity contribution in [3.63, 3.8) is 0 Å². The van der Waals surface area contributed by atoms with Gasteiger partial charge in [-0.3, -0.25) is 4.79 Å². The zero-order valence-electron chi connectivity index (χ0n) is 10.8. The smallest absolute Gasteiger partial charge is 0.254 e. The van der Waals surface area contributed by atoms with E-state index >= 15 is 0 Å². The predicted molar refractivity (Wildman–Crippen MR) is 74.8 cm³/mol. The summed E-state index contributed by atoms with van der Waals surface area (Å²) in [6.07, 6.45) is 1.85. The van der Waals surface area contributed by atoms with Gasteiger partial charge in [-0.1, -0.05) is 22.0 Å². The van der Waals surface area contributed by atoms with E-state index in [0.29, 0.717) is 6.04 Å². The average Bonchev–Trinajstić information content (AvgIpc) is 2.41. The molecule has 1 aromatic rings. The molecule has 1 saturated heterocycles. The Labute approximate surface area is 116 Å². The fraction of sp³-hybridized carbons (Fsp3) is 0.500. The molecule has 0 aliphatic carbocycles. The molecule has 1 aromatic carbocycles. The van der Waals surface area contributed by atoms with Gasteiger partial charge in [-0.05, 0) is 37.5 Å². The summed E-state index contributed by atoms with van der Waals surface area (Å²) in [5, 5.41) is 0. The van der Waals surface area contributed by atoms with Gasteiger partial charge >= 0.3 is 0 Å². The van der Waals surface area contributed by atoms with Crippen molar-refractivity contribution < 1.29 is 9.53 Å². The van der Waals surface area contributed by atoms with Crippen LogP contribution in [0.1, 0.15) is 28.8 Å². The molecule has 0 N–H and O–H groups in total. The van der Waals surface area contributed by atoms with Crippen LogP contribution in [0.3, 0.4) is 0 Å². The lowest BCUT2D eigenvalue weighted by Crippen LogP contribution is -2.40. The SMILES string of the molecule is Cc1c(Br)cccc1C(=O)N(C)C1CCOCC1. The molecule has 0 bridgehead atoms. The van der Waals surface area contributed by atoms with E-state index in [1.807, 2.05) is 37.1 Å². The van der Waals surface area contributed by atoms with Crippen LogP contribution in [-0.2, 0) is 4.74 Å². The van der Waals surface area contributed by atoms with Crippen LogP contribution in [0.15, 0.2) is 22.7 Å². The van der Waals surface area contributed by atoms with Gasteiger partial charge in [0.2, 0.25) is 0 Å². The van der Waals surface area contributed by atoms with Crippen molar-refractivity contribution >= 4 is 21.8 Å². The highest BCUT2D eigenvalue weighted by molar-refractivity contribution is 9.10. The third-order valence-corrected chi connectivity index (χ3v) is 4.42.